The van der Waals surface area contributed by atoms with Crippen molar-refractivity contribution in [2.75, 3.05) is 0 Å². The Kier molecular flexibility index (Phi) is 4.01. The first-order chi connectivity index (χ1) is 8.18. The van der Waals surface area contributed by atoms with Crippen LogP contribution in [0.1, 0.15) is 54.8 Å². The maximum absolute atomic E-state index is 6.35. The molecule has 1 aromatic rings. The number of rotatable bonds is 3. The van der Waals surface area contributed by atoms with E-state index in [1.54, 1.807) is 5.57 Å². The molecule has 0 heterocycles. The van der Waals surface area contributed by atoms with Crippen molar-refractivity contribution >= 4 is 0 Å². The highest BCUT2D eigenvalue weighted by Crippen LogP contribution is 2.28. The number of hydrogen-bond donors (Lipinski definition) is 1. The lowest BCUT2D eigenvalue weighted by molar-refractivity contribution is 0.626. The second-order valence-electron chi connectivity index (χ2n) is 5.21. The third-order valence-electron chi connectivity index (χ3n) is 3.91. The Morgan fingerprint density at radius 2 is 2.06 bits per heavy atom. The minimum atomic E-state index is 0.166. The van der Waals surface area contributed by atoms with E-state index in [4.69, 9.17) is 5.73 Å². The number of hydrogen-bond acceptors (Lipinski definition) is 1. The van der Waals surface area contributed by atoms with Crippen LogP contribution in [-0.4, -0.2) is 0 Å². The first-order valence-corrected chi connectivity index (χ1v) is 6.68. The predicted octanol–water partition coefficient (Wildman–Crippen LogP) is 4.19. The summed E-state index contributed by atoms with van der Waals surface area (Å²) in [6, 6.07) is 6.62. The molecule has 1 atom stereocenters. The van der Waals surface area contributed by atoms with Crippen LogP contribution in [0, 0.1) is 13.8 Å². The summed E-state index contributed by atoms with van der Waals surface area (Å²) >= 11 is 0. The smallest absolute Gasteiger partial charge is 0.0335 e. The largest absolute Gasteiger partial charge is 0.324 e. The fourth-order valence-electron chi connectivity index (χ4n) is 2.66. The monoisotopic (exact) mass is 229 g/mol. The number of aryl methyl sites for hydroxylation is 1. The van der Waals surface area contributed by atoms with Crippen molar-refractivity contribution in [1.29, 1.82) is 0 Å². The lowest BCUT2D eigenvalue weighted by atomic mass is 9.89. The summed E-state index contributed by atoms with van der Waals surface area (Å²) in [7, 11) is 0. The van der Waals surface area contributed by atoms with Crippen molar-refractivity contribution in [3.8, 4) is 0 Å². The summed E-state index contributed by atoms with van der Waals surface area (Å²) in [6.45, 7) is 4.34. The Bertz CT molecular complexity index is 418. The molecular formula is C16H23N. The topological polar surface area (TPSA) is 26.0 Å². The van der Waals surface area contributed by atoms with Gasteiger partial charge in [0.05, 0.1) is 0 Å². The summed E-state index contributed by atoms with van der Waals surface area (Å²) in [5.41, 5.74) is 11.9. The zero-order valence-corrected chi connectivity index (χ0v) is 11.0. The van der Waals surface area contributed by atoms with Crippen LogP contribution in [0.2, 0.25) is 0 Å². The van der Waals surface area contributed by atoms with Crippen LogP contribution in [0.25, 0.3) is 0 Å². The molecule has 0 bridgehead atoms. The van der Waals surface area contributed by atoms with E-state index in [1.807, 2.05) is 0 Å². The molecule has 1 aliphatic carbocycles. The molecule has 2 N–H and O–H groups in total. The molecule has 1 unspecified atom stereocenters. The quantitative estimate of drug-likeness (QED) is 0.773. The summed E-state index contributed by atoms with van der Waals surface area (Å²) in [5, 5.41) is 0. The second kappa shape index (κ2) is 5.50. The molecule has 0 fully saturated rings. The molecule has 0 saturated heterocycles. The second-order valence-corrected chi connectivity index (χ2v) is 5.21. The fraction of sp³-hybridized carbons (Fsp3) is 0.500. The minimum absolute atomic E-state index is 0.166. The predicted molar refractivity (Wildman–Crippen MR) is 74.0 cm³/mol. The van der Waals surface area contributed by atoms with E-state index in [0.717, 1.165) is 6.42 Å². The van der Waals surface area contributed by atoms with Crippen molar-refractivity contribution in [1.82, 2.24) is 0 Å². The molecule has 0 amide bonds. The van der Waals surface area contributed by atoms with E-state index in [0.29, 0.717) is 0 Å². The first-order valence-electron chi connectivity index (χ1n) is 6.68. The highest BCUT2D eigenvalue weighted by Gasteiger charge is 2.13. The standard InChI is InChI=1S/C16H23N/c1-12-7-6-10-15(13(12)2)16(17)11-14-8-4-3-5-9-14/h6-8,10,16H,3-5,9,11,17H2,1-2H3. The van der Waals surface area contributed by atoms with E-state index in [9.17, 15) is 0 Å². The molecule has 92 valence electrons. The van der Waals surface area contributed by atoms with Gasteiger partial charge in [0.2, 0.25) is 0 Å². The fourth-order valence-corrected chi connectivity index (χ4v) is 2.66. The molecule has 1 aliphatic rings. The number of benzene rings is 1. The normalized spacial score (nSPS) is 17.7. The average molecular weight is 229 g/mol. The molecule has 1 heteroatoms. The Labute approximate surface area is 105 Å². The molecule has 0 aromatic heterocycles. The van der Waals surface area contributed by atoms with Crippen molar-refractivity contribution in [2.24, 2.45) is 5.73 Å². The van der Waals surface area contributed by atoms with Gasteiger partial charge >= 0.3 is 0 Å². The number of allylic oxidation sites excluding steroid dienone is 1. The first kappa shape index (κ1) is 12.4. The van der Waals surface area contributed by atoms with E-state index < -0.39 is 0 Å². The average Bonchev–Trinajstić information content (AvgIpc) is 2.34. The number of nitrogens with two attached hydrogens (primary N) is 1. The Morgan fingerprint density at radius 1 is 1.24 bits per heavy atom. The minimum Gasteiger partial charge on any atom is -0.324 e. The molecule has 2 rings (SSSR count). The van der Waals surface area contributed by atoms with Crippen LogP contribution in [-0.2, 0) is 0 Å². The highest BCUT2D eigenvalue weighted by atomic mass is 14.6. The van der Waals surface area contributed by atoms with Crippen LogP contribution in [0.4, 0.5) is 0 Å². The van der Waals surface area contributed by atoms with Gasteiger partial charge < -0.3 is 5.73 Å². The molecule has 0 aliphatic heterocycles. The maximum Gasteiger partial charge on any atom is 0.0335 e. The van der Waals surface area contributed by atoms with Gasteiger partial charge in [-0.05, 0) is 62.6 Å². The Hall–Kier alpha value is -1.08. The van der Waals surface area contributed by atoms with Crippen LogP contribution in [0.15, 0.2) is 29.8 Å². The molecule has 0 saturated carbocycles. The summed E-state index contributed by atoms with van der Waals surface area (Å²) in [4.78, 5) is 0. The van der Waals surface area contributed by atoms with Gasteiger partial charge in [0.1, 0.15) is 0 Å². The molecule has 1 aromatic carbocycles. The lowest BCUT2D eigenvalue weighted by Gasteiger charge is -2.20. The Morgan fingerprint density at radius 3 is 2.76 bits per heavy atom. The van der Waals surface area contributed by atoms with Gasteiger partial charge in [-0.2, -0.15) is 0 Å². The van der Waals surface area contributed by atoms with Crippen molar-refractivity contribution in [2.45, 2.75) is 52.0 Å². The third kappa shape index (κ3) is 2.98. The van der Waals surface area contributed by atoms with Crippen LogP contribution in [0.5, 0.6) is 0 Å². The molecule has 17 heavy (non-hydrogen) atoms. The van der Waals surface area contributed by atoms with Crippen molar-refractivity contribution in [3.63, 3.8) is 0 Å². The van der Waals surface area contributed by atoms with E-state index >= 15 is 0 Å². The zero-order valence-electron chi connectivity index (χ0n) is 11.0. The highest BCUT2D eigenvalue weighted by molar-refractivity contribution is 5.35. The molecule has 0 spiro atoms. The van der Waals surface area contributed by atoms with Crippen molar-refractivity contribution < 1.29 is 0 Å². The SMILES string of the molecule is Cc1cccc(C(N)CC2=CCCCC2)c1C. The zero-order chi connectivity index (χ0) is 12.3. The van der Waals surface area contributed by atoms with Crippen molar-refractivity contribution in [3.05, 3.63) is 46.5 Å². The summed E-state index contributed by atoms with van der Waals surface area (Å²) in [5.74, 6) is 0. The van der Waals surface area contributed by atoms with E-state index in [-0.39, 0.29) is 6.04 Å². The van der Waals surface area contributed by atoms with Gasteiger partial charge in [0, 0.05) is 6.04 Å². The van der Waals surface area contributed by atoms with Gasteiger partial charge in [0.25, 0.3) is 0 Å². The van der Waals surface area contributed by atoms with E-state index in [1.165, 1.54) is 42.4 Å². The molecule has 0 radical (unpaired) electrons. The Balaban J connectivity index is 2.11. The van der Waals surface area contributed by atoms with Gasteiger partial charge in [-0.15, -0.1) is 0 Å². The lowest BCUT2D eigenvalue weighted by Crippen LogP contribution is -2.13. The summed E-state index contributed by atoms with van der Waals surface area (Å²) in [6.07, 6.45) is 8.61. The maximum atomic E-state index is 6.35. The van der Waals surface area contributed by atoms with Gasteiger partial charge in [0.15, 0.2) is 0 Å². The summed E-state index contributed by atoms with van der Waals surface area (Å²) < 4.78 is 0. The van der Waals surface area contributed by atoms with Crippen LogP contribution < -0.4 is 5.73 Å². The van der Waals surface area contributed by atoms with E-state index in [2.05, 4.69) is 38.1 Å². The van der Waals surface area contributed by atoms with Crippen LogP contribution in [0.3, 0.4) is 0 Å². The van der Waals surface area contributed by atoms with Gasteiger partial charge in [-0.1, -0.05) is 29.8 Å². The third-order valence-corrected chi connectivity index (χ3v) is 3.91. The van der Waals surface area contributed by atoms with Crippen LogP contribution >= 0.6 is 0 Å². The molecular weight excluding hydrogens is 206 g/mol. The van der Waals surface area contributed by atoms with Gasteiger partial charge in [-0.25, -0.2) is 0 Å². The van der Waals surface area contributed by atoms with Gasteiger partial charge in [-0.3, -0.25) is 0 Å². The molecule has 1 nitrogen and oxygen atoms in total.